The summed E-state index contributed by atoms with van der Waals surface area (Å²) in [6.07, 6.45) is 0. The fraction of sp³-hybridized carbons (Fsp3) is 0. The largest absolute Gasteiger partial charge is 0.247 e. The number of benzene rings is 1. The van der Waals surface area contributed by atoms with E-state index in [1.165, 1.54) is 0 Å². The van der Waals surface area contributed by atoms with Crippen LogP contribution in [0, 0.1) is 11.3 Å². The van der Waals surface area contributed by atoms with Gasteiger partial charge in [-0.1, -0.05) is 28.9 Å². The first-order valence-electron chi connectivity index (χ1n) is 3.88. The maximum Gasteiger partial charge on any atom is 0.163 e. The molecule has 0 fully saturated rings. The maximum atomic E-state index is 8.74. The van der Waals surface area contributed by atoms with Gasteiger partial charge in [0.25, 0.3) is 0 Å². The summed E-state index contributed by atoms with van der Waals surface area (Å²) in [5.41, 5.74) is 1.64. The molecule has 0 bridgehead atoms. The van der Waals surface area contributed by atoms with Crippen LogP contribution in [0.4, 0.5) is 0 Å². The highest BCUT2D eigenvalue weighted by molar-refractivity contribution is 6.30. The molecule has 1 aromatic heterocycles. The molecule has 0 aliphatic rings. The summed E-state index contributed by atoms with van der Waals surface area (Å²) in [6.45, 7) is 0. The fourth-order valence-corrected chi connectivity index (χ4v) is 1.33. The number of hydrogen-bond donors (Lipinski definition) is 1. The molecule has 1 heterocycles. The Bertz CT molecular complexity index is 498. The van der Waals surface area contributed by atoms with Gasteiger partial charge in [-0.25, -0.2) is 5.10 Å². The third-order valence-electron chi connectivity index (χ3n) is 1.76. The molecule has 0 amide bonds. The van der Waals surface area contributed by atoms with Crippen molar-refractivity contribution in [1.29, 1.82) is 5.26 Å². The molecule has 5 heteroatoms. The Labute approximate surface area is 85.1 Å². The van der Waals surface area contributed by atoms with Gasteiger partial charge in [-0.15, -0.1) is 5.10 Å². The summed E-state index contributed by atoms with van der Waals surface area (Å²) < 4.78 is 0. The lowest BCUT2D eigenvalue weighted by Crippen LogP contribution is -1.81. The van der Waals surface area contributed by atoms with Crippen molar-refractivity contribution in [2.45, 2.75) is 0 Å². The van der Waals surface area contributed by atoms with Crippen molar-refractivity contribution in [3.63, 3.8) is 0 Å². The molecule has 0 saturated carbocycles. The Hall–Kier alpha value is -1.86. The second kappa shape index (κ2) is 3.48. The van der Waals surface area contributed by atoms with Gasteiger partial charge in [0.2, 0.25) is 0 Å². The van der Waals surface area contributed by atoms with Gasteiger partial charge in [0.15, 0.2) is 5.69 Å². The van der Waals surface area contributed by atoms with Gasteiger partial charge in [0.1, 0.15) is 11.8 Å². The van der Waals surface area contributed by atoms with E-state index < -0.39 is 0 Å². The number of aromatic nitrogens is 3. The monoisotopic (exact) mass is 204 g/mol. The van der Waals surface area contributed by atoms with Gasteiger partial charge in [0.05, 0.1) is 0 Å². The van der Waals surface area contributed by atoms with E-state index in [0.717, 1.165) is 5.56 Å². The zero-order chi connectivity index (χ0) is 9.97. The van der Waals surface area contributed by atoms with Crippen LogP contribution >= 0.6 is 11.6 Å². The molecule has 0 saturated heterocycles. The van der Waals surface area contributed by atoms with Crippen LogP contribution in [0.3, 0.4) is 0 Å². The van der Waals surface area contributed by atoms with Crippen LogP contribution in [0.15, 0.2) is 24.3 Å². The molecule has 0 radical (unpaired) electrons. The summed E-state index contributed by atoms with van der Waals surface area (Å²) >= 11 is 5.82. The average molecular weight is 205 g/mol. The summed E-state index contributed by atoms with van der Waals surface area (Å²) in [5.74, 6) is 0. The van der Waals surface area contributed by atoms with Gasteiger partial charge >= 0.3 is 0 Å². The lowest BCUT2D eigenvalue weighted by Gasteiger charge is -1.96. The predicted octanol–water partition coefficient (Wildman–Crippen LogP) is 2.00. The molecule has 2 rings (SSSR count). The topological polar surface area (TPSA) is 65.4 Å². The van der Waals surface area contributed by atoms with Crippen LogP contribution < -0.4 is 0 Å². The smallest absolute Gasteiger partial charge is 0.163 e. The Morgan fingerprint density at radius 3 is 3.00 bits per heavy atom. The number of nitrogens with zero attached hydrogens (tertiary/aromatic N) is 3. The third-order valence-corrected chi connectivity index (χ3v) is 1.99. The van der Waals surface area contributed by atoms with Crippen LogP contribution in [-0.4, -0.2) is 15.4 Å². The molecule has 0 atom stereocenters. The molecule has 0 aliphatic carbocycles. The first-order chi connectivity index (χ1) is 6.81. The first kappa shape index (κ1) is 8.73. The molecule has 0 aliphatic heterocycles. The number of aromatic amines is 1. The number of nitrogens with one attached hydrogen (secondary N) is 1. The standard InChI is InChI=1S/C9H5ClN4/c10-7-3-1-2-6(4-7)9-8(5-11)12-14-13-9/h1-4H,(H,12,13,14). The van der Waals surface area contributed by atoms with Gasteiger partial charge < -0.3 is 0 Å². The summed E-state index contributed by atoms with van der Waals surface area (Å²) in [5, 5.41) is 19.2. The summed E-state index contributed by atoms with van der Waals surface area (Å²) in [7, 11) is 0. The maximum absolute atomic E-state index is 8.74. The van der Waals surface area contributed by atoms with Crippen molar-refractivity contribution in [2.24, 2.45) is 0 Å². The lowest BCUT2D eigenvalue weighted by atomic mass is 10.1. The Balaban J connectivity index is 2.56. The zero-order valence-electron chi connectivity index (χ0n) is 7.03. The number of halogens is 1. The van der Waals surface area contributed by atoms with E-state index in [0.29, 0.717) is 16.4 Å². The molecule has 4 nitrogen and oxygen atoms in total. The van der Waals surface area contributed by atoms with E-state index in [-0.39, 0.29) is 0 Å². The Morgan fingerprint density at radius 1 is 1.43 bits per heavy atom. The van der Waals surface area contributed by atoms with Crippen LogP contribution in [0.25, 0.3) is 11.3 Å². The average Bonchev–Trinajstić information content (AvgIpc) is 2.65. The van der Waals surface area contributed by atoms with E-state index in [9.17, 15) is 0 Å². The van der Waals surface area contributed by atoms with Crippen molar-refractivity contribution in [2.75, 3.05) is 0 Å². The van der Waals surface area contributed by atoms with Crippen molar-refractivity contribution >= 4 is 11.6 Å². The Morgan fingerprint density at radius 2 is 2.29 bits per heavy atom. The van der Waals surface area contributed by atoms with Crippen LogP contribution in [0.5, 0.6) is 0 Å². The molecule has 14 heavy (non-hydrogen) atoms. The minimum absolute atomic E-state index is 0.340. The van der Waals surface area contributed by atoms with E-state index in [1.54, 1.807) is 18.2 Å². The van der Waals surface area contributed by atoms with Crippen LogP contribution in [0.2, 0.25) is 5.02 Å². The van der Waals surface area contributed by atoms with Crippen molar-refractivity contribution in [1.82, 2.24) is 15.4 Å². The van der Waals surface area contributed by atoms with E-state index >= 15 is 0 Å². The number of rotatable bonds is 1. The van der Waals surface area contributed by atoms with E-state index in [2.05, 4.69) is 15.4 Å². The fourth-order valence-electron chi connectivity index (χ4n) is 1.14. The molecule has 1 aromatic carbocycles. The van der Waals surface area contributed by atoms with E-state index in [4.69, 9.17) is 16.9 Å². The second-order valence-corrected chi connectivity index (χ2v) is 3.09. The van der Waals surface area contributed by atoms with Crippen molar-refractivity contribution < 1.29 is 0 Å². The minimum atomic E-state index is 0.340. The number of nitriles is 1. The second-order valence-electron chi connectivity index (χ2n) is 2.66. The van der Waals surface area contributed by atoms with Crippen molar-refractivity contribution in [3.8, 4) is 17.3 Å². The molecule has 68 valence electrons. The third kappa shape index (κ3) is 1.45. The molecule has 1 N–H and O–H groups in total. The molecular formula is C9H5ClN4. The highest BCUT2D eigenvalue weighted by Gasteiger charge is 2.08. The van der Waals surface area contributed by atoms with Gasteiger partial charge in [0, 0.05) is 10.6 Å². The highest BCUT2D eigenvalue weighted by Crippen LogP contribution is 2.21. The van der Waals surface area contributed by atoms with Gasteiger partial charge in [-0.3, -0.25) is 0 Å². The molecule has 0 spiro atoms. The minimum Gasteiger partial charge on any atom is -0.247 e. The molecule has 0 unspecified atom stereocenters. The first-order valence-corrected chi connectivity index (χ1v) is 4.26. The van der Waals surface area contributed by atoms with Crippen LogP contribution in [-0.2, 0) is 0 Å². The number of H-pyrrole nitrogens is 1. The van der Waals surface area contributed by atoms with Crippen LogP contribution in [0.1, 0.15) is 5.69 Å². The zero-order valence-corrected chi connectivity index (χ0v) is 7.78. The van der Waals surface area contributed by atoms with Gasteiger partial charge in [-0.2, -0.15) is 5.26 Å². The van der Waals surface area contributed by atoms with Gasteiger partial charge in [-0.05, 0) is 12.1 Å². The number of hydrogen-bond acceptors (Lipinski definition) is 3. The molecular weight excluding hydrogens is 200 g/mol. The summed E-state index contributed by atoms with van der Waals surface area (Å²) in [4.78, 5) is 0. The molecule has 2 aromatic rings. The summed E-state index contributed by atoms with van der Waals surface area (Å²) in [6, 6.07) is 9.09. The SMILES string of the molecule is N#Cc1[nH]nnc1-c1cccc(Cl)c1. The lowest BCUT2D eigenvalue weighted by molar-refractivity contribution is 0.937. The quantitative estimate of drug-likeness (QED) is 0.773. The Kier molecular flexibility index (Phi) is 2.17. The van der Waals surface area contributed by atoms with Crippen molar-refractivity contribution in [3.05, 3.63) is 35.0 Å². The van der Waals surface area contributed by atoms with E-state index in [1.807, 2.05) is 12.1 Å². The highest BCUT2D eigenvalue weighted by atomic mass is 35.5. The normalized spacial score (nSPS) is 9.71. The predicted molar refractivity (Wildman–Crippen MR) is 51.5 cm³/mol.